The van der Waals surface area contributed by atoms with Gasteiger partial charge in [0, 0.05) is 23.1 Å². The number of aromatic hydroxyl groups is 2. The molecule has 0 radical (unpaired) electrons. The van der Waals surface area contributed by atoms with Crippen LogP contribution in [0.2, 0.25) is 0 Å². The Kier molecular flexibility index (Phi) is 7.80. The van der Waals surface area contributed by atoms with E-state index in [0.717, 1.165) is 12.8 Å². The van der Waals surface area contributed by atoms with E-state index >= 15 is 0 Å². The zero-order valence-corrected chi connectivity index (χ0v) is 23.2. The van der Waals surface area contributed by atoms with Crippen LogP contribution in [-0.2, 0) is 13.0 Å². The van der Waals surface area contributed by atoms with Crippen LogP contribution in [0.4, 0.5) is 5.69 Å². The normalized spacial score (nSPS) is 20.4. The second kappa shape index (κ2) is 10.8. The number of aliphatic hydroxyl groups is 1. The highest BCUT2D eigenvalue weighted by atomic mass is 16.5. The largest absolute Gasteiger partial charge is 0.508 e. The lowest BCUT2D eigenvalue weighted by Gasteiger charge is -2.40. The van der Waals surface area contributed by atoms with Gasteiger partial charge in [-0.2, -0.15) is 0 Å². The number of carbonyl (C=O) groups is 2. The zero-order valence-electron chi connectivity index (χ0n) is 23.2. The van der Waals surface area contributed by atoms with E-state index in [-0.39, 0.29) is 41.3 Å². The van der Waals surface area contributed by atoms with Crippen LogP contribution in [0, 0.1) is 6.92 Å². The predicted octanol–water partition coefficient (Wildman–Crippen LogP) is 5.79. The Morgan fingerprint density at radius 2 is 1.87 bits per heavy atom. The third kappa shape index (κ3) is 5.39. The molecule has 39 heavy (non-hydrogen) atoms. The van der Waals surface area contributed by atoms with Crippen molar-refractivity contribution in [1.82, 2.24) is 0 Å². The molecule has 0 aromatic heterocycles. The van der Waals surface area contributed by atoms with Gasteiger partial charge >= 0.3 is 5.97 Å². The van der Waals surface area contributed by atoms with Crippen molar-refractivity contribution in [3.63, 3.8) is 0 Å². The maximum atomic E-state index is 13.4. The SMILES string of the molecule is CC(C)=CCCC(C)=CCCC1(C)Oc2c(c(O)cc3c2CN(c2ccc(C(=O)O)c(O)c2C)C3=O)CC1O. The van der Waals surface area contributed by atoms with Gasteiger partial charge in [-0.15, -0.1) is 0 Å². The summed E-state index contributed by atoms with van der Waals surface area (Å²) >= 11 is 0. The molecule has 8 nitrogen and oxygen atoms in total. The number of amides is 1. The van der Waals surface area contributed by atoms with Gasteiger partial charge in [0.15, 0.2) is 0 Å². The first-order chi connectivity index (χ1) is 18.3. The molecule has 2 aliphatic rings. The highest BCUT2D eigenvalue weighted by Crippen LogP contribution is 2.47. The molecule has 2 atom stereocenters. The summed E-state index contributed by atoms with van der Waals surface area (Å²) in [7, 11) is 0. The summed E-state index contributed by atoms with van der Waals surface area (Å²) in [6.45, 7) is 9.80. The number of fused-ring (bicyclic) bond motifs is 3. The summed E-state index contributed by atoms with van der Waals surface area (Å²) in [5, 5.41) is 41.5. The highest BCUT2D eigenvalue weighted by Gasteiger charge is 2.44. The predicted molar refractivity (Wildman–Crippen MR) is 149 cm³/mol. The second-order valence-electron chi connectivity index (χ2n) is 11.1. The topological polar surface area (TPSA) is 128 Å². The maximum absolute atomic E-state index is 13.4. The first kappa shape index (κ1) is 28.2. The van der Waals surface area contributed by atoms with Gasteiger partial charge in [-0.3, -0.25) is 4.79 Å². The molecule has 2 aromatic rings. The van der Waals surface area contributed by atoms with Gasteiger partial charge in [0.2, 0.25) is 0 Å². The maximum Gasteiger partial charge on any atom is 0.339 e. The number of phenolic OH excluding ortho intramolecular Hbond substituents is 1. The van der Waals surface area contributed by atoms with Gasteiger partial charge in [0.25, 0.3) is 5.91 Å². The lowest BCUT2D eigenvalue weighted by atomic mass is 9.84. The van der Waals surface area contributed by atoms with Gasteiger partial charge in [-0.1, -0.05) is 23.3 Å². The third-order valence-electron chi connectivity index (χ3n) is 7.84. The number of phenols is 2. The fraction of sp³-hybridized carbons (Fsp3) is 0.419. The number of aliphatic hydroxyl groups excluding tert-OH is 1. The number of hydrogen-bond donors (Lipinski definition) is 4. The Labute approximate surface area is 228 Å². The minimum absolute atomic E-state index is 0.115. The van der Waals surface area contributed by atoms with Crippen molar-refractivity contribution in [2.24, 2.45) is 0 Å². The van der Waals surface area contributed by atoms with E-state index in [2.05, 4.69) is 32.9 Å². The first-order valence-electron chi connectivity index (χ1n) is 13.3. The first-order valence-corrected chi connectivity index (χ1v) is 13.3. The Hall–Kier alpha value is -3.78. The molecule has 0 bridgehead atoms. The van der Waals surface area contributed by atoms with E-state index in [1.807, 2.05) is 6.92 Å². The van der Waals surface area contributed by atoms with Crippen molar-refractivity contribution in [3.05, 3.63) is 69.3 Å². The molecular formula is C31H37NO7. The molecule has 0 aliphatic carbocycles. The fourth-order valence-corrected chi connectivity index (χ4v) is 5.35. The van der Waals surface area contributed by atoms with Crippen LogP contribution in [0.25, 0.3) is 0 Å². The minimum Gasteiger partial charge on any atom is -0.508 e. The summed E-state index contributed by atoms with van der Waals surface area (Å²) in [4.78, 5) is 26.3. The molecule has 0 saturated heterocycles. The number of anilines is 1. The molecule has 1 amide bonds. The Bertz CT molecular complexity index is 1390. The van der Waals surface area contributed by atoms with E-state index in [9.17, 15) is 30.0 Å². The number of hydrogen-bond acceptors (Lipinski definition) is 6. The number of carboxylic acids is 1. The highest BCUT2D eigenvalue weighted by molar-refractivity contribution is 6.11. The average Bonchev–Trinajstić information content (AvgIpc) is 3.17. The monoisotopic (exact) mass is 535 g/mol. The van der Waals surface area contributed by atoms with E-state index in [1.165, 1.54) is 34.2 Å². The van der Waals surface area contributed by atoms with Gasteiger partial charge < -0.3 is 30.1 Å². The molecule has 4 N–H and O–H groups in total. The summed E-state index contributed by atoms with van der Waals surface area (Å²) in [6, 6.07) is 4.16. The summed E-state index contributed by atoms with van der Waals surface area (Å²) in [6.07, 6.45) is 6.95. The van der Waals surface area contributed by atoms with Crippen LogP contribution in [0.3, 0.4) is 0 Å². The molecule has 8 heteroatoms. The molecule has 0 saturated carbocycles. The molecule has 2 unspecified atom stereocenters. The molecule has 2 heterocycles. The Morgan fingerprint density at radius 1 is 1.15 bits per heavy atom. The van der Waals surface area contributed by atoms with Crippen molar-refractivity contribution in [2.75, 3.05) is 4.90 Å². The van der Waals surface area contributed by atoms with Crippen molar-refractivity contribution in [3.8, 4) is 17.2 Å². The van der Waals surface area contributed by atoms with Crippen molar-refractivity contribution < 1.29 is 34.8 Å². The molecule has 2 aromatic carbocycles. The number of allylic oxidation sites excluding steroid dienone is 4. The molecule has 4 rings (SSSR count). The average molecular weight is 536 g/mol. The van der Waals surface area contributed by atoms with E-state index < -0.39 is 23.4 Å². The lowest BCUT2D eigenvalue weighted by Crippen LogP contribution is -2.49. The summed E-state index contributed by atoms with van der Waals surface area (Å²) in [5.41, 5.74) is 3.38. The number of aromatic carboxylic acids is 1. The van der Waals surface area contributed by atoms with Gasteiger partial charge in [0.1, 0.15) is 28.4 Å². The number of benzene rings is 2. The van der Waals surface area contributed by atoms with Crippen LogP contribution in [0.1, 0.15) is 90.8 Å². The molecule has 2 aliphatic heterocycles. The number of ether oxygens (including phenoxy) is 1. The smallest absolute Gasteiger partial charge is 0.339 e. The standard InChI is InChI=1S/C31H37NO7/c1-17(2)8-6-9-18(3)10-7-13-31(5)26(34)15-22-25(33)14-21-23(28(22)39-31)16-32(29(21)36)24-12-11-20(30(37)38)27(35)19(24)4/h8,10-12,14,26,33-35H,6-7,9,13,15-16H2,1-5H3,(H,37,38). The Balaban J connectivity index is 1.60. The van der Waals surface area contributed by atoms with Crippen LogP contribution in [0.5, 0.6) is 17.2 Å². The number of nitrogens with zero attached hydrogens (tertiary/aromatic N) is 1. The Morgan fingerprint density at radius 3 is 2.54 bits per heavy atom. The minimum atomic E-state index is -1.26. The third-order valence-corrected chi connectivity index (χ3v) is 7.84. The molecule has 208 valence electrons. The quantitative estimate of drug-likeness (QED) is 0.315. The number of rotatable bonds is 8. The summed E-state index contributed by atoms with van der Waals surface area (Å²) in [5.74, 6) is -1.76. The van der Waals surface area contributed by atoms with E-state index in [0.29, 0.717) is 35.4 Å². The fourth-order valence-electron chi connectivity index (χ4n) is 5.35. The van der Waals surface area contributed by atoms with Crippen LogP contribution < -0.4 is 9.64 Å². The van der Waals surface area contributed by atoms with Crippen molar-refractivity contribution in [2.45, 2.75) is 85.0 Å². The van der Waals surface area contributed by atoms with Gasteiger partial charge in [-0.25, -0.2) is 4.79 Å². The van der Waals surface area contributed by atoms with Crippen LogP contribution >= 0.6 is 0 Å². The second-order valence-corrected chi connectivity index (χ2v) is 11.1. The van der Waals surface area contributed by atoms with Crippen LogP contribution in [-0.4, -0.2) is 44.0 Å². The molecular weight excluding hydrogens is 498 g/mol. The van der Waals surface area contributed by atoms with E-state index in [1.54, 1.807) is 6.92 Å². The van der Waals surface area contributed by atoms with Crippen molar-refractivity contribution >= 4 is 17.6 Å². The number of carboxylic acid groups (broad SMARTS) is 1. The zero-order chi connectivity index (χ0) is 28.6. The molecule has 0 spiro atoms. The van der Waals surface area contributed by atoms with Gasteiger partial charge in [-0.05, 0) is 78.5 Å². The van der Waals surface area contributed by atoms with Gasteiger partial charge in [0.05, 0.1) is 23.9 Å². The van der Waals surface area contributed by atoms with E-state index in [4.69, 9.17) is 4.74 Å². The lowest BCUT2D eigenvalue weighted by molar-refractivity contribution is -0.0597. The van der Waals surface area contributed by atoms with Crippen molar-refractivity contribution in [1.29, 1.82) is 0 Å². The molecule has 0 fully saturated rings. The van der Waals surface area contributed by atoms with Crippen LogP contribution in [0.15, 0.2) is 41.5 Å². The number of carbonyl (C=O) groups excluding carboxylic acids is 1. The summed E-state index contributed by atoms with van der Waals surface area (Å²) < 4.78 is 6.43.